The number of halogens is 1. The molecular weight excluding hydrogens is 468 g/mol. The molecule has 32 heavy (non-hydrogen) atoms. The largest absolute Gasteiger partial charge is 0.422 e. The number of nitrogens with zero attached hydrogens (tertiary/aromatic N) is 1. The summed E-state index contributed by atoms with van der Waals surface area (Å²) in [6.45, 7) is 1.88. The second-order valence-corrected chi connectivity index (χ2v) is 9.96. The summed E-state index contributed by atoms with van der Waals surface area (Å²) in [6.07, 6.45) is 1.36. The zero-order valence-electron chi connectivity index (χ0n) is 16.8. The van der Waals surface area contributed by atoms with Crippen molar-refractivity contribution in [2.24, 2.45) is 5.10 Å². The lowest BCUT2D eigenvalue weighted by atomic mass is 10.2. The molecule has 0 aliphatic carbocycles. The molecule has 4 rings (SSSR count). The summed E-state index contributed by atoms with van der Waals surface area (Å²) in [4.78, 5) is 15.2. The van der Waals surface area contributed by atoms with Crippen LogP contribution in [0.1, 0.15) is 20.8 Å². The summed E-state index contributed by atoms with van der Waals surface area (Å²) in [5.41, 5.74) is 1.58. The van der Waals surface area contributed by atoms with Crippen molar-refractivity contribution in [2.75, 3.05) is 0 Å². The molecule has 0 atom stereocenters. The highest BCUT2D eigenvalue weighted by atomic mass is 35.5. The fraction of sp³-hybridized carbons (Fsp3) is 0.0435. The molecule has 1 N–H and O–H groups in total. The first-order chi connectivity index (χ1) is 15.3. The third-order valence-corrected chi connectivity index (χ3v) is 7.42. The van der Waals surface area contributed by atoms with Gasteiger partial charge < -0.3 is 4.74 Å². The molecular formula is C23H17ClN2O4S2. The molecule has 4 aromatic rings. The number of thiophene rings is 1. The van der Waals surface area contributed by atoms with E-state index in [4.69, 9.17) is 16.3 Å². The van der Waals surface area contributed by atoms with Crippen molar-refractivity contribution in [1.82, 2.24) is 4.83 Å². The lowest BCUT2D eigenvalue weighted by Crippen LogP contribution is -2.18. The van der Waals surface area contributed by atoms with Crippen LogP contribution in [0, 0.1) is 6.92 Å². The van der Waals surface area contributed by atoms with E-state index in [0.29, 0.717) is 21.2 Å². The van der Waals surface area contributed by atoms with Gasteiger partial charge in [0, 0.05) is 10.1 Å². The van der Waals surface area contributed by atoms with Gasteiger partial charge in [0.05, 0.1) is 16.1 Å². The summed E-state index contributed by atoms with van der Waals surface area (Å²) in [7, 11) is -3.75. The number of hydrazone groups is 1. The number of ether oxygens (including phenoxy) is 1. The molecule has 0 bridgehead atoms. The van der Waals surface area contributed by atoms with Crippen molar-refractivity contribution >= 4 is 55.2 Å². The minimum absolute atomic E-state index is 0.127. The number of carbonyl (C=O) groups is 1. The average Bonchev–Trinajstić information content (AvgIpc) is 3.12. The van der Waals surface area contributed by atoms with E-state index in [0.717, 1.165) is 15.6 Å². The first-order valence-electron chi connectivity index (χ1n) is 9.44. The Morgan fingerprint density at radius 1 is 1.03 bits per heavy atom. The van der Waals surface area contributed by atoms with Crippen LogP contribution in [-0.4, -0.2) is 20.6 Å². The Balaban J connectivity index is 1.41. The van der Waals surface area contributed by atoms with Gasteiger partial charge in [-0.15, -0.1) is 11.3 Å². The van der Waals surface area contributed by atoms with Crippen LogP contribution >= 0.6 is 22.9 Å². The van der Waals surface area contributed by atoms with Crippen LogP contribution < -0.4 is 9.57 Å². The number of hydrogen-bond donors (Lipinski definition) is 1. The number of carbonyl (C=O) groups excluding carboxylic acids is 1. The predicted molar refractivity (Wildman–Crippen MR) is 127 cm³/mol. The average molecular weight is 485 g/mol. The van der Waals surface area contributed by atoms with Crippen molar-refractivity contribution in [3.63, 3.8) is 0 Å². The lowest BCUT2D eigenvalue weighted by molar-refractivity contribution is 0.0740. The molecule has 1 heterocycles. The van der Waals surface area contributed by atoms with E-state index in [2.05, 4.69) is 9.93 Å². The van der Waals surface area contributed by atoms with Crippen LogP contribution in [0.25, 0.3) is 10.1 Å². The number of aryl methyl sites for hydroxylation is 1. The zero-order valence-corrected chi connectivity index (χ0v) is 19.2. The van der Waals surface area contributed by atoms with E-state index in [1.165, 1.54) is 29.7 Å². The Morgan fingerprint density at radius 3 is 2.41 bits per heavy atom. The van der Waals surface area contributed by atoms with Crippen LogP contribution in [0.4, 0.5) is 0 Å². The minimum atomic E-state index is -3.75. The smallest absolute Gasteiger partial charge is 0.355 e. The highest BCUT2D eigenvalue weighted by Gasteiger charge is 2.19. The summed E-state index contributed by atoms with van der Waals surface area (Å²) in [5, 5.41) is 4.99. The summed E-state index contributed by atoms with van der Waals surface area (Å²) in [6, 6.07) is 20.4. The van der Waals surface area contributed by atoms with Gasteiger partial charge >= 0.3 is 5.97 Å². The highest BCUT2D eigenvalue weighted by Crippen LogP contribution is 2.35. The van der Waals surface area contributed by atoms with Gasteiger partial charge in [-0.2, -0.15) is 13.5 Å². The minimum Gasteiger partial charge on any atom is -0.422 e. The second kappa shape index (κ2) is 9.12. The maximum Gasteiger partial charge on any atom is 0.355 e. The van der Waals surface area contributed by atoms with Crippen molar-refractivity contribution in [2.45, 2.75) is 11.8 Å². The summed E-state index contributed by atoms with van der Waals surface area (Å²) >= 11 is 7.60. The summed E-state index contributed by atoms with van der Waals surface area (Å²) in [5.74, 6) is -0.204. The monoisotopic (exact) mass is 484 g/mol. The topological polar surface area (TPSA) is 84.8 Å². The van der Waals surface area contributed by atoms with Gasteiger partial charge in [-0.25, -0.2) is 9.63 Å². The van der Waals surface area contributed by atoms with Crippen LogP contribution in [0.2, 0.25) is 5.02 Å². The van der Waals surface area contributed by atoms with E-state index < -0.39 is 16.0 Å². The SMILES string of the molecule is Cc1ccc(S(=O)(=O)NN=Cc2ccc(OC(=O)c3sc4ccccc4c3Cl)cc2)cc1. The Morgan fingerprint density at radius 2 is 1.72 bits per heavy atom. The Labute approximate surface area is 194 Å². The summed E-state index contributed by atoms with van der Waals surface area (Å²) < 4.78 is 30.8. The highest BCUT2D eigenvalue weighted by molar-refractivity contribution is 7.89. The molecule has 9 heteroatoms. The predicted octanol–water partition coefficient (Wildman–Crippen LogP) is 5.39. The molecule has 0 radical (unpaired) electrons. The quantitative estimate of drug-likeness (QED) is 0.172. The van der Waals surface area contributed by atoms with Gasteiger partial charge in [0.1, 0.15) is 10.6 Å². The molecule has 0 amide bonds. The molecule has 0 saturated carbocycles. The number of rotatable bonds is 6. The van der Waals surface area contributed by atoms with Crippen LogP contribution in [0.3, 0.4) is 0 Å². The number of hydrogen-bond acceptors (Lipinski definition) is 6. The van der Waals surface area contributed by atoms with Gasteiger partial charge in [-0.1, -0.05) is 47.5 Å². The molecule has 0 fully saturated rings. The number of sulfonamides is 1. The van der Waals surface area contributed by atoms with E-state index in [1.807, 2.05) is 31.2 Å². The molecule has 0 aliphatic heterocycles. The normalized spacial score (nSPS) is 11.7. The third-order valence-electron chi connectivity index (χ3n) is 4.53. The molecule has 0 unspecified atom stereocenters. The maximum atomic E-state index is 12.5. The van der Waals surface area contributed by atoms with Crippen LogP contribution in [0.5, 0.6) is 5.75 Å². The fourth-order valence-corrected chi connectivity index (χ4v) is 5.04. The molecule has 3 aromatic carbocycles. The van der Waals surface area contributed by atoms with Gasteiger partial charge in [-0.3, -0.25) is 0 Å². The number of esters is 1. The zero-order chi connectivity index (χ0) is 22.7. The molecule has 0 aliphatic rings. The number of fused-ring (bicyclic) bond motifs is 1. The fourth-order valence-electron chi connectivity index (χ4n) is 2.86. The van der Waals surface area contributed by atoms with Crippen molar-refractivity contribution in [1.29, 1.82) is 0 Å². The van der Waals surface area contributed by atoms with Crippen LogP contribution in [0.15, 0.2) is 82.8 Å². The molecule has 1 aromatic heterocycles. The first-order valence-corrected chi connectivity index (χ1v) is 12.1. The molecule has 162 valence electrons. The number of benzene rings is 3. The van der Waals surface area contributed by atoms with E-state index in [-0.39, 0.29) is 4.90 Å². The Hall–Kier alpha value is -3.20. The Kier molecular flexibility index (Phi) is 6.27. The Bertz CT molecular complexity index is 1410. The van der Waals surface area contributed by atoms with E-state index in [1.54, 1.807) is 36.4 Å². The molecule has 0 spiro atoms. The first kappa shape index (κ1) is 22.0. The molecule has 0 saturated heterocycles. The third kappa shape index (κ3) is 4.83. The lowest BCUT2D eigenvalue weighted by Gasteiger charge is -2.04. The maximum absolute atomic E-state index is 12.5. The van der Waals surface area contributed by atoms with Gasteiger partial charge in [0.15, 0.2) is 0 Å². The van der Waals surface area contributed by atoms with Crippen molar-refractivity contribution in [3.8, 4) is 5.75 Å². The van der Waals surface area contributed by atoms with Crippen molar-refractivity contribution in [3.05, 3.63) is 93.8 Å². The second-order valence-electron chi connectivity index (χ2n) is 6.87. The van der Waals surface area contributed by atoms with E-state index in [9.17, 15) is 13.2 Å². The van der Waals surface area contributed by atoms with Crippen molar-refractivity contribution < 1.29 is 17.9 Å². The van der Waals surface area contributed by atoms with Gasteiger partial charge in [0.25, 0.3) is 10.0 Å². The van der Waals surface area contributed by atoms with Gasteiger partial charge in [0.2, 0.25) is 0 Å². The standard InChI is InChI=1S/C23H17ClN2O4S2/c1-15-6-12-18(13-7-15)32(28,29)26-25-14-16-8-10-17(11-9-16)30-23(27)22-21(24)19-4-2-3-5-20(19)31-22/h2-14,26H,1H3. The van der Waals surface area contributed by atoms with E-state index >= 15 is 0 Å². The van der Waals surface area contributed by atoms with Gasteiger partial charge in [-0.05, 0) is 55.0 Å². The molecule has 6 nitrogen and oxygen atoms in total. The number of nitrogens with one attached hydrogen (secondary N) is 1. The van der Waals surface area contributed by atoms with Crippen LogP contribution in [-0.2, 0) is 10.0 Å².